The average molecular weight is 391 g/mol. The Kier molecular flexibility index (Phi) is 6.31. The number of aryl methyl sites for hydroxylation is 1. The smallest absolute Gasteiger partial charge is 0.338 e. The molecule has 0 amide bonds. The standard InChI is InChI=1S/C27H34O2/c1-6-29-25(28)22(21-12-8-7-9-13-21)14-10-11-20-15-16-23-24(19-20)27(4,5)18-17-26(23,2)3/h7-9,12-16,19H,6,10-11,17-18H2,1-5H3. The highest BCUT2D eigenvalue weighted by Crippen LogP contribution is 2.45. The molecule has 0 fully saturated rings. The molecular formula is C27H34O2. The van der Waals surface area contributed by atoms with Crippen LogP contribution in [0, 0.1) is 0 Å². The van der Waals surface area contributed by atoms with E-state index in [-0.39, 0.29) is 16.8 Å². The number of benzene rings is 2. The van der Waals surface area contributed by atoms with E-state index in [4.69, 9.17) is 4.74 Å². The van der Waals surface area contributed by atoms with Crippen molar-refractivity contribution in [1.29, 1.82) is 0 Å². The second kappa shape index (κ2) is 8.57. The summed E-state index contributed by atoms with van der Waals surface area (Å²) < 4.78 is 5.28. The van der Waals surface area contributed by atoms with Crippen LogP contribution < -0.4 is 0 Å². The molecule has 2 aromatic carbocycles. The molecule has 0 N–H and O–H groups in total. The number of rotatable bonds is 6. The van der Waals surface area contributed by atoms with Crippen molar-refractivity contribution in [3.8, 4) is 0 Å². The fourth-order valence-corrected chi connectivity index (χ4v) is 4.32. The molecule has 1 aliphatic rings. The molecule has 2 aromatic rings. The van der Waals surface area contributed by atoms with E-state index in [2.05, 4.69) is 45.9 Å². The Morgan fingerprint density at radius 3 is 2.28 bits per heavy atom. The largest absolute Gasteiger partial charge is 0.462 e. The van der Waals surface area contributed by atoms with Crippen LogP contribution in [0.4, 0.5) is 0 Å². The van der Waals surface area contributed by atoms with E-state index in [1.54, 1.807) is 0 Å². The first-order valence-corrected chi connectivity index (χ1v) is 10.8. The number of esters is 1. The van der Waals surface area contributed by atoms with Gasteiger partial charge in [0.25, 0.3) is 0 Å². The van der Waals surface area contributed by atoms with Crippen LogP contribution in [-0.4, -0.2) is 12.6 Å². The minimum atomic E-state index is -0.243. The van der Waals surface area contributed by atoms with Crippen LogP contribution in [0.5, 0.6) is 0 Å². The average Bonchev–Trinajstić information content (AvgIpc) is 2.70. The molecule has 0 spiro atoms. The maximum Gasteiger partial charge on any atom is 0.338 e. The van der Waals surface area contributed by atoms with Gasteiger partial charge in [0.2, 0.25) is 0 Å². The lowest BCUT2D eigenvalue weighted by atomic mass is 9.63. The van der Waals surface area contributed by atoms with Gasteiger partial charge in [-0.2, -0.15) is 0 Å². The molecule has 0 heterocycles. The second-order valence-corrected chi connectivity index (χ2v) is 9.39. The molecular weight excluding hydrogens is 356 g/mol. The van der Waals surface area contributed by atoms with E-state index in [0.29, 0.717) is 12.2 Å². The lowest BCUT2D eigenvalue weighted by Crippen LogP contribution is -2.33. The van der Waals surface area contributed by atoms with Gasteiger partial charge in [-0.05, 0) is 65.7 Å². The topological polar surface area (TPSA) is 26.3 Å². The van der Waals surface area contributed by atoms with Crippen LogP contribution in [0.3, 0.4) is 0 Å². The maximum absolute atomic E-state index is 12.4. The van der Waals surface area contributed by atoms with Crippen molar-refractivity contribution in [2.45, 2.75) is 71.1 Å². The molecule has 0 radical (unpaired) electrons. The summed E-state index contributed by atoms with van der Waals surface area (Å²) >= 11 is 0. The van der Waals surface area contributed by atoms with Crippen molar-refractivity contribution < 1.29 is 9.53 Å². The van der Waals surface area contributed by atoms with Crippen LogP contribution in [0.25, 0.3) is 5.57 Å². The van der Waals surface area contributed by atoms with Crippen LogP contribution in [0.15, 0.2) is 54.6 Å². The van der Waals surface area contributed by atoms with E-state index in [1.165, 1.54) is 29.5 Å². The summed E-state index contributed by atoms with van der Waals surface area (Å²) in [5, 5.41) is 0. The lowest BCUT2D eigenvalue weighted by Gasteiger charge is -2.42. The van der Waals surface area contributed by atoms with Crippen molar-refractivity contribution in [2.24, 2.45) is 0 Å². The molecule has 0 atom stereocenters. The summed E-state index contributed by atoms with van der Waals surface area (Å²) in [7, 11) is 0. The minimum absolute atomic E-state index is 0.219. The van der Waals surface area contributed by atoms with E-state index in [0.717, 1.165) is 18.4 Å². The first-order valence-electron chi connectivity index (χ1n) is 10.8. The van der Waals surface area contributed by atoms with Crippen molar-refractivity contribution in [2.75, 3.05) is 6.61 Å². The Bertz CT molecular complexity index is 888. The first-order chi connectivity index (χ1) is 13.7. The SMILES string of the molecule is CCOC(=O)C(=CCCc1ccc2c(c1)C(C)(C)CCC2(C)C)c1ccccc1. The Hall–Kier alpha value is -2.35. The predicted molar refractivity (Wildman–Crippen MR) is 121 cm³/mol. The zero-order valence-electron chi connectivity index (χ0n) is 18.5. The molecule has 1 aliphatic carbocycles. The van der Waals surface area contributed by atoms with Gasteiger partial charge in [0, 0.05) is 0 Å². The number of hydrogen-bond acceptors (Lipinski definition) is 2. The summed E-state index contributed by atoms with van der Waals surface area (Å²) in [6, 6.07) is 16.8. The second-order valence-electron chi connectivity index (χ2n) is 9.39. The molecule has 154 valence electrons. The minimum Gasteiger partial charge on any atom is -0.462 e. The normalized spacial score (nSPS) is 17.5. The third kappa shape index (κ3) is 4.80. The molecule has 0 saturated heterocycles. The third-order valence-electron chi connectivity index (χ3n) is 6.28. The predicted octanol–water partition coefficient (Wildman–Crippen LogP) is 6.61. The van der Waals surface area contributed by atoms with Crippen LogP contribution in [0.1, 0.15) is 76.1 Å². The van der Waals surface area contributed by atoms with E-state index >= 15 is 0 Å². The number of carbonyl (C=O) groups is 1. The summed E-state index contributed by atoms with van der Waals surface area (Å²) in [5.41, 5.74) is 6.35. The van der Waals surface area contributed by atoms with E-state index in [1.807, 2.05) is 43.3 Å². The van der Waals surface area contributed by atoms with Gasteiger partial charge in [-0.25, -0.2) is 4.79 Å². The van der Waals surface area contributed by atoms with Crippen molar-refractivity contribution in [3.05, 3.63) is 76.9 Å². The van der Waals surface area contributed by atoms with Crippen molar-refractivity contribution in [1.82, 2.24) is 0 Å². The zero-order valence-corrected chi connectivity index (χ0v) is 18.5. The summed E-state index contributed by atoms with van der Waals surface area (Å²) in [4.78, 5) is 12.4. The number of hydrogen-bond donors (Lipinski definition) is 0. The van der Waals surface area contributed by atoms with Crippen LogP contribution in [0.2, 0.25) is 0 Å². The van der Waals surface area contributed by atoms with Crippen molar-refractivity contribution >= 4 is 11.5 Å². The molecule has 2 nitrogen and oxygen atoms in total. The Morgan fingerprint density at radius 1 is 0.966 bits per heavy atom. The Balaban J connectivity index is 1.82. The highest BCUT2D eigenvalue weighted by atomic mass is 16.5. The first kappa shape index (κ1) is 21.4. The molecule has 3 rings (SSSR count). The van der Waals surface area contributed by atoms with Crippen molar-refractivity contribution in [3.63, 3.8) is 0 Å². The molecule has 0 unspecified atom stereocenters. The Labute approximate surface area is 176 Å². The van der Waals surface area contributed by atoms with Gasteiger partial charge < -0.3 is 4.74 Å². The van der Waals surface area contributed by atoms with Gasteiger partial charge in [-0.1, -0.05) is 82.3 Å². The van der Waals surface area contributed by atoms with Gasteiger partial charge in [0.1, 0.15) is 0 Å². The van der Waals surface area contributed by atoms with Gasteiger partial charge in [-0.15, -0.1) is 0 Å². The zero-order chi connectivity index (χ0) is 21.1. The van der Waals surface area contributed by atoms with Gasteiger partial charge in [0.15, 0.2) is 0 Å². The quantitative estimate of drug-likeness (QED) is 0.409. The number of ether oxygens (including phenoxy) is 1. The summed E-state index contributed by atoms with van der Waals surface area (Å²) in [6.45, 7) is 11.7. The van der Waals surface area contributed by atoms with Gasteiger partial charge in [0.05, 0.1) is 12.2 Å². The van der Waals surface area contributed by atoms with E-state index in [9.17, 15) is 4.79 Å². The highest BCUT2D eigenvalue weighted by Gasteiger charge is 2.36. The number of allylic oxidation sites excluding steroid dienone is 1. The number of carbonyl (C=O) groups excluding carboxylic acids is 1. The molecule has 0 aliphatic heterocycles. The Morgan fingerprint density at radius 2 is 1.62 bits per heavy atom. The molecule has 0 saturated carbocycles. The molecule has 29 heavy (non-hydrogen) atoms. The fraction of sp³-hybridized carbons (Fsp3) is 0.444. The molecule has 0 aromatic heterocycles. The van der Waals surface area contributed by atoms with E-state index < -0.39 is 0 Å². The monoisotopic (exact) mass is 390 g/mol. The maximum atomic E-state index is 12.4. The summed E-state index contributed by atoms with van der Waals surface area (Å²) in [5.74, 6) is -0.243. The molecule has 2 heteroatoms. The molecule has 0 bridgehead atoms. The number of fused-ring (bicyclic) bond motifs is 1. The highest BCUT2D eigenvalue weighted by molar-refractivity contribution is 6.16. The van der Waals surface area contributed by atoms with Crippen LogP contribution >= 0.6 is 0 Å². The fourth-order valence-electron chi connectivity index (χ4n) is 4.32. The lowest BCUT2D eigenvalue weighted by molar-refractivity contribution is -0.136. The third-order valence-corrected chi connectivity index (χ3v) is 6.28. The van der Waals surface area contributed by atoms with Gasteiger partial charge in [-0.3, -0.25) is 0 Å². The van der Waals surface area contributed by atoms with Crippen LogP contribution in [-0.2, 0) is 26.8 Å². The summed E-state index contributed by atoms with van der Waals surface area (Å²) in [6.07, 6.45) is 6.21. The van der Waals surface area contributed by atoms with Gasteiger partial charge >= 0.3 is 5.97 Å².